The normalized spacial score (nSPS) is 26.2. The highest BCUT2D eigenvalue weighted by Gasteiger charge is 2.48. The summed E-state index contributed by atoms with van der Waals surface area (Å²) in [4.78, 5) is 0. The van der Waals surface area contributed by atoms with Gasteiger partial charge in [-0.3, -0.25) is 0 Å². The lowest BCUT2D eigenvalue weighted by atomic mass is 9.57. The fourth-order valence-corrected chi connectivity index (χ4v) is 4.69. The van der Waals surface area contributed by atoms with Crippen LogP contribution in [0.15, 0.2) is 0 Å². The van der Waals surface area contributed by atoms with Gasteiger partial charge in [-0.1, -0.05) is 38.5 Å². The Bertz CT molecular complexity index is 219. The summed E-state index contributed by atoms with van der Waals surface area (Å²) in [7, 11) is 0. The van der Waals surface area contributed by atoms with Crippen LogP contribution in [0.3, 0.4) is 0 Å². The summed E-state index contributed by atoms with van der Waals surface area (Å²) in [6, 6.07) is 0. The first kappa shape index (κ1) is 14.3. The molecule has 2 saturated carbocycles. The molecule has 0 aliphatic heterocycles. The predicted molar refractivity (Wildman–Crippen MR) is 74.3 cm³/mol. The minimum absolute atomic E-state index is 0.181. The summed E-state index contributed by atoms with van der Waals surface area (Å²) >= 11 is 0. The maximum atomic E-state index is 10.4. The molecular formula is C16H30O2. The molecule has 0 amide bonds. The van der Waals surface area contributed by atoms with Crippen LogP contribution in [0.25, 0.3) is 0 Å². The first-order valence-corrected chi connectivity index (χ1v) is 8.00. The molecule has 2 fully saturated rings. The van der Waals surface area contributed by atoms with E-state index in [0.29, 0.717) is 11.8 Å². The monoisotopic (exact) mass is 254 g/mol. The van der Waals surface area contributed by atoms with Gasteiger partial charge in [0.05, 0.1) is 12.7 Å². The van der Waals surface area contributed by atoms with E-state index >= 15 is 0 Å². The average molecular weight is 254 g/mol. The average Bonchev–Trinajstić information content (AvgIpc) is 2.42. The van der Waals surface area contributed by atoms with Crippen LogP contribution in [-0.4, -0.2) is 22.9 Å². The van der Waals surface area contributed by atoms with Gasteiger partial charge in [0.25, 0.3) is 0 Å². The summed E-state index contributed by atoms with van der Waals surface area (Å²) < 4.78 is 0. The van der Waals surface area contributed by atoms with Crippen molar-refractivity contribution in [1.82, 2.24) is 0 Å². The van der Waals surface area contributed by atoms with Gasteiger partial charge in [0.2, 0.25) is 0 Å². The van der Waals surface area contributed by atoms with Crippen molar-refractivity contribution >= 4 is 0 Å². The number of aliphatic hydroxyl groups is 2. The van der Waals surface area contributed by atoms with Gasteiger partial charge in [-0.2, -0.15) is 0 Å². The molecule has 0 aromatic rings. The second-order valence-electron chi connectivity index (χ2n) is 6.62. The Morgan fingerprint density at radius 3 is 1.56 bits per heavy atom. The summed E-state index contributed by atoms with van der Waals surface area (Å²) in [6.45, 7) is 2.10. The van der Waals surface area contributed by atoms with Gasteiger partial charge in [-0.05, 0) is 44.4 Å². The van der Waals surface area contributed by atoms with Crippen LogP contribution in [0.4, 0.5) is 0 Å². The highest BCUT2D eigenvalue weighted by molar-refractivity contribution is 4.97. The van der Waals surface area contributed by atoms with Gasteiger partial charge >= 0.3 is 0 Å². The third kappa shape index (κ3) is 2.60. The summed E-state index contributed by atoms with van der Waals surface area (Å²) in [5, 5.41) is 20.5. The van der Waals surface area contributed by atoms with Crippen LogP contribution in [0.5, 0.6) is 0 Å². The molecule has 2 nitrogen and oxygen atoms in total. The molecule has 18 heavy (non-hydrogen) atoms. The summed E-state index contributed by atoms with van der Waals surface area (Å²) in [5.74, 6) is 1.08. The van der Waals surface area contributed by atoms with E-state index in [-0.39, 0.29) is 18.1 Å². The standard InChI is InChI=1S/C16H30O2/c1-13(18)16(12-17,14-8-4-2-5-9-14)15-10-6-3-7-11-15/h13-15,17-18H,2-12H2,1H3. The second kappa shape index (κ2) is 6.38. The largest absolute Gasteiger partial charge is 0.396 e. The van der Waals surface area contributed by atoms with E-state index in [9.17, 15) is 10.2 Å². The molecule has 0 aromatic heterocycles. The Hall–Kier alpha value is -0.0800. The molecule has 2 aliphatic carbocycles. The summed E-state index contributed by atoms with van der Waals surface area (Å²) in [5.41, 5.74) is -0.207. The highest BCUT2D eigenvalue weighted by atomic mass is 16.3. The van der Waals surface area contributed by atoms with Gasteiger partial charge in [0.15, 0.2) is 0 Å². The molecule has 0 radical (unpaired) electrons. The zero-order valence-corrected chi connectivity index (χ0v) is 11.9. The van der Waals surface area contributed by atoms with Crippen LogP contribution in [-0.2, 0) is 0 Å². The van der Waals surface area contributed by atoms with E-state index in [1.54, 1.807) is 0 Å². The molecule has 1 atom stereocenters. The Labute approximate surface area is 112 Å². The smallest absolute Gasteiger partial charge is 0.0595 e. The maximum Gasteiger partial charge on any atom is 0.0595 e. The Morgan fingerprint density at radius 1 is 0.889 bits per heavy atom. The van der Waals surface area contributed by atoms with Gasteiger partial charge < -0.3 is 10.2 Å². The second-order valence-corrected chi connectivity index (χ2v) is 6.62. The zero-order valence-electron chi connectivity index (χ0n) is 11.9. The van der Waals surface area contributed by atoms with Crippen molar-refractivity contribution in [2.75, 3.05) is 6.61 Å². The number of aliphatic hydroxyl groups excluding tert-OH is 2. The molecular weight excluding hydrogens is 224 g/mol. The lowest BCUT2D eigenvalue weighted by molar-refractivity contribution is -0.109. The maximum absolute atomic E-state index is 10.4. The van der Waals surface area contributed by atoms with Gasteiger partial charge in [0.1, 0.15) is 0 Å². The molecule has 0 spiro atoms. The lowest BCUT2D eigenvalue weighted by Gasteiger charge is -2.50. The molecule has 2 rings (SSSR count). The number of hydrogen-bond donors (Lipinski definition) is 2. The molecule has 2 aliphatic rings. The van der Waals surface area contributed by atoms with E-state index in [2.05, 4.69) is 0 Å². The van der Waals surface area contributed by atoms with Gasteiger partial charge in [-0.25, -0.2) is 0 Å². The van der Waals surface area contributed by atoms with E-state index in [4.69, 9.17) is 0 Å². The van der Waals surface area contributed by atoms with E-state index in [1.807, 2.05) is 6.92 Å². The molecule has 0 saturated heterocycles. The van der Waals surface area contributed by atoms with Crippen LogP contribution in [0.2, 0.25) is 0 Å². The van der Waals surface area contributed by atoms with Crippen molar-refractivity contribution < 1.29 is 10.2 Å². The minimum atomic E-state index is -0.367. The summed E-state index contributed by atoms with van der Waals surface area (Å²) in [6.07, 6.45) is 12.3. The first-order chi connectivity index (χ1) is 8.71. The van der Waals surface area contributed by atoms with E-state index in [0.717, 1.165) is 0 Å². The third-order valence-corrected chi connectivity index (χ3v) is 5.78. The third-order valence-electron chi connectivity index (χ3n) is 5.78. The first-order valence-electron chi connectivity index (χ1n) is 8.00. The van der Waals surface area contributed by atoms with Crippen molar-refractivity contribution in [3.05, 3.63) is 0 Å². The topological polar surface area (TPSA) is 40.5 Å². The predicted octanol–water partition coefficient (Wildman–Crippen LogP) is 3.51. The minimum Gasteiger partial charge on any atom is -0.396 e. The van der Waals surface area contributed by atoms with Crippen LogP contribution in [0.1, 0.15) is 71.1 Å². The van der Waals surface area contributed by atoms with Crippen molar-refractivity contribution in [2.45, 2.75) is 77.2 Å². The fourth-order valence-electron chi connectivity index (χ4n) is 4.69. The Kier molecular flexibility index (Phi) is 5.08. The highest BCUT2D eigenvalue weighted by Crippen LogP contribution is 2.50. The molecule has 0 heterocycles. The van der Waals surface area contributed by atoms with E-state index in [1.165, 1.54) is 64.2 Å². The fraction of sp³-hybridized carbons (Fsp3) is 1.00. The van der Waals surface area contributed by atoms with Crippen molar-refractivity contribution in [3.8, 4) is 0 Å². The van der Waals surface area contributed by atoms with E-state index < -0.39 is 0 Å². The molecule has 1 unspecified atom stereocenters. The van der Waals surface area contributed by atoms with Crippen LogP contribution in [0, 0.1) is 17.3 Å². The van der Waals surface area contributed by atoms with Gasteiger partial charge in [0, 0.05) is 5.41 Å². The van der Waals surface area contributed by atoms with Crippen molar-refractivity contribution in [1.29, 1.82) is 0 Å². The Balaban J connectivity index is 2.19. The molecule has 106 valence electrons. The Morgan fingerprint density at radius 2 is 1.28 bits per heavy atom. The molecule has 0 bridgehead atoms. The molecule has 2 N–H and O–H groups in total. The number of hydrogen-bond acceptors (Lipinski definition) is 2. The van der Waals surface area contributed by atoms with Gasteiger partial charge in [-0.15, -0.1) is 0 Å². The van der Waals surface area contributed by atoms with Crippen LogP contribution < -0.4 is 0 Å². The lowest BCUT2D eigenvalue weighted by Crippen LogP contribution is -2.50. The molecule has 0 aromatic carbocycles. The zero-order chi connectivity index (χ0) is 13.0. The molecule has 2 heteroatoms. The van der Waals surface area contributed by atoms with Crippen molar-refractivity contribution in [3.63, 3.8) is 0 Å². The SMILES string of the molecule is CC(O)C(CO)(C1CCCCC1)C1CCCCC1. The quantitative estimate of drug-likeness (QED) is 0.806. The van der Waals surface area contributed by atoms with Crippen LogP contribution >= 0.6 is 0 Å². The van der Waals surface area contributed by atoms with Crippen molar-refractivity contribution in [2.24, 2.45) is 17.3 Å². The number of rotatable bonds is 4.